The third-order valence-corrected chi connectivity index (χ3v) is 4.97. The molecule has 0 amide bonds. The average molecular weight is 289 g/mol. The van der Waals surface area contributed by atoms with Crippen LogP contribution in [0.5, 0.6) is 5.75 Å². The molecule has 21 heavy (non-hydrogen) atoms. The first-order chi connectivity index (χ1) is 10.2. The molecular formula is C17H27N3O. The molecule has 1 aromatic rings. The van der Waals surface area contributed by atoms with Crippen molar-refractivity contribution in [2.75, 3.05) is 33.3 Å². The summed E-state index contributed by atoms with van der Waals surface area (Å²) < 4.78 is 5.26. The van der Waals surface area contributed by atoms with Crippen molar-refractivity contribution in [3.8, 4) is 5.75 Å². The number of ether oxygens (including phenoxy) is 1. The Morgan fingerprint density at radius 2 is 1.95 bits per heavy atom. The molecule has 0 saturated carbocycles. The highest BCUT2D eigenvalue weighted by molar-refractivity contribution is 5.30. The van der Waals surface area contributed by atoms with Gasteiger partial charge in [-0.1, -0.05) is 12.1 Å². The lowest BCUT2D eigenvalue weighted by Crippen LogP contribution is -2.53. The van der Waals surface area contributed by atoms with E-state index in [0.29, 0.717) is 6.04 Å². The molecule has 2 heterocycles. The van der Waals surface area contributed by atoms with Crippen molar-refractivity contribution in [1.29, 1.82) is 0 Å². The maximum Gasteiger partial charge on any atom is 0.118 e. The van der Waals surface area contributed by atoms with Gasteiger partial charge in [-0.2, -0.15) is 0 Å². The highest BCUT2D eigenvalue weighted by atomic mass is 16.5. The van der Waals surface area contributed by atoms with E-state index in [9.17, 15) is 0 Å². The Morgan fingerprint density at radius 1 is 1.19 bits per heavy atom. The molecule has 3 unspecified atom stereocenters. The van der Waals surface area contributed by atoms with Crippen LogP contribution in [0.2, 0.25) is 0 Å². The smallest absolute Gasteiger partial charge is 0.118 e. The van der Waals surface area contributed by atoms with Crippen molar-refractivity contribution < 1.29 is 4.74 Å². The van der Waals surface area contributed by atoms with Crippen molar-refractivity contribution >= 4 is 0 Å². The Labute approximate surface area is 127 Å². The first-order valence-corrected chi connectivity index (χ1v) is 8.06. The fourth-order valence-electron chi connectivity index (χ4n) is 3.92. The fraction of sp³-hybridized carbons (Fsp3) is 0.647. The summed E-state index contributed by atoms with van der Waals surface area (Å²) in [6, 6.07) is 9.57. The molecule has 4 nitrogen and oxygen atoms in total. The minimum Gasteiger partial charge on any atom is -0.497 e. The molecule has 3 rings (SSSR count). The molecule has 4 heteroatoms. The lowest BCUT2D eigenvalue weighted by Gasteiger charge is -2.43. The van der Waals surface area contributed by atoms with Gasteiger partial charge in [-0.25, -0.2) is 0 Å². The van der Waals surface area contributed by atoms with Crippen LogP contribution in [-0.2, 0) is 0 Å². The summed E-state index contributed by atoms with van der Waals surface area (Å²) >= 11 is 0. The van der Waals surface area contributed by atoms with E-state index in [1.54, 1.807) is 7.11 Å². The van der Waals surface area contributed by atoms with Gasteiger partial charge in [-0.05, 0) is 44.0 Å². The van der Waals surface area contributed by atoms with Crippen LogP contribution in [0.25, 0.3) is 0 Å². The number of fused-ring (bicyclic) bond motifs is 1. The van der Waals surface area contributed by atoms with Crippen LogP contribution in [-0.4, -0.2) is 55.2 Å². The standard InChI is InChI=1S/C17H27N3O/c1-13(18)17(14-5-7-16(21-2)8-6-14)20-11-10-19-9-3-4-15(19)12-20/h5-8,13,15,17H,3-4,9-12,18H2,1-2H3. The van der Waals surface area contributed by atoms with Crippen LogP contribution in [0, 0.1) is 0 Å². The number of hydrogen-bond acceptors (Lipinski definition) is 4. The van der Waals surface area contributed by atoms with Crippen LogP contribution in [0.4, 0.5) is 0 Å². The van der Waals surface area contributed by atoms with Gasteiger partial charge in [0.1, 0.15) is 5.75 Å². The maximum atomic E-state index is 6.32. The predicted octanol–water partition coefficient (Wildman–Crippen LogP) is 1.86. The molecule has 2 aliphatic rings. The Hall–Kier alpha value is -1.10. The lowest BCUT2D eigenvalue weighted by atomic mass is 9.97. The first kappa shape index (κ1) is 14.8. The number of rotatable bonds is 4. The van der Waals surface area contributed by atoms with Crippen LogP contribution < -0.4 is 10.5 Å². The summed E-state index contributed by atoms with van der Waals surface area (Å²) in [7, 11) is 1.71. The number of methoxy groups -OCH3 is 1. The van der Waals surface area contributed by atoms with Gasteiger partial charge in [-0.3, -0.25) is 9.80 Å². The Bertz CT molecular complexity index is 460. The van der Waals surface area contributed by atoms with E-state index >= 15 is 0 Å². The van der Waals surface area contributed by atoms with Crippen LogP contribution in [0.1, 0.15) is 31.4 Å². The van der Waals surface area contributed by atoms with Gasteiger partial charge < -0.3 is 10.5 Å². The van der Waals surface area contributed by atoms with Crippen molar-refractivity contribution in [3.05, 3.63) is 29.8 Å². The second kappa shape index (κ2) is 6.34. The molecular weight excluding hydrogens is 262 g/mol. The summed E-state index contributed by atoms with van der Waals surface area (Å²) in [5, 5.41) is 0. The Morgan fingerprint density at radius 3 is 2.62 bits per heavy atom. The minimum absolute atomic E-state index is 0.131. The minimum atomic E-state index is 0.131. The topological polar surface area (TPSA) is 41.7 Å². The highest BCUT2D eigenvalue weighted by Gasteiger charge is 2.34. The van der Waals surface area contributed by atoms with Crippen molar-refractivity contribution in [2.45, 2.75) is 37.9 Å². The van der Waals surface area contributed by atoms with Crippen molar-refractivity contribution in [3.63, 3.8) is 0 Å². The molecule has 2 aliphatic heterocycles. The van der Waals surface area contributed by atoms with Gasteiger partial charge >= 0.3 is 0 Å². The third-order valence-electron chi connectivity index (χ3n) is 4.97. The van der Waals surface area contributed by atoms with Gasteiger partial charge in [-0.15, -0.1) is 0 Å². The normalized spacial score (nSPS) is 26.3. The Balaban J connectivity index is 1.77. The predicted molar refractivity (Wildman–Crippen MR) is 85.6 cm³/mol. The van der Waals surface area contributed by atoms with E-state index in [0.717, 1.165) is 24.9 Å². The summed E-state index contributed by atoms with van der Waals surface area (Å²) in [5.74, 6) is 0.905. The zero-order chi connectivity index (χ0) is 14.8. The Kier molecular flexibility index (Phi) is 4.48. The van der Waals surface area contributed by atoms with Crippen molar-refractivity contribution in [1.82, 2.24) is 9.80 Å². The van der Waals surface area contributed by atoms with E-state index in [1.165, 1.54) is 31.5 Å². The highest BCUT2D eigenvalue weighted by Crippen LogP contribution is 2.30. The zero-order valence-corrected chi connectivity index (χ0v) is 13.2. The fourth-order valence-corrected chi connectivity index (χ4v) is 3.92. The van der Waals surface area contributed by atoms with E-state index in [1.807, 2.05) is 12.1 Å². The molecule has 116 valence electrons. The second-order valence-corrected chi connectivity index (χ2v) is 6.40. The number of hydrogen-bond donors (Lipinski definition) is 1. The van der Waals surface area contributed by atoms with Gasteiger partial charge in [0.25, 0.3) is 0 Å². The molecule has 3 atom stereocenters. The first-order valence-electron chi connectivity index (χ1n) is 8.06. The second-order valence-electron chi connectivity index (χ2n) is 6.40. The molecule has 2 saturated heterocycles. The van der Waals surface area contributed by atoms with Gasteiger partial charge in [0.2, 0.25) is 0 Å². The number of nitrogens with two attached hydrogens (primary N) is 1. The maximum absolute atomic E-state index is 6.32. The quantitative estimate of drug-likeness (QED) is 0.919. The van der Waals surface area contributed by atoms with Crippen LogP contribution in [0.3, 0.4) is 0 Å². The number of piperazine rings is 1. The van der Waals surface area contributed by atoms with Crippen LogP contribution >= 0.6 is 0 Å². The summed E-state index contributed by atoms with van der Waals surface area (Å²) in [4.78, 5) is 5.22. The molecule has 1 aromatic carbocycles. The van der Waals surface area contributed by atoms with Crippen molar-refractivity contribution in [2.24, 2.45) is 5.73 Å². The molecule has 0 aromatic heterocycles. The monoisotopic (exact) mass is 289 g/mol. The summed E-state index contributed by atoms with van der Waals surface area (Å²) in [6.07, 6.45) is 2.69. The number of nitrogens with zero attached hydrogens (tertiary/aromatic N) is 2. The average Bonchev–Trinajstić information content (AvgIpc) is 2.95. The molecule has 2 fully saturated rings. The molecule has 2 N–H and O–H groups in total. The van der Waals surface area contributed by atoms with E-state index in [2.05, 4.69) is 28.9 Å². The molecule has 0 bridgehead atoms. The molecule has 0 spiro atoms. The zero-order valence-electron chi connectivity index (χ0n) is 13.2. The van der Waals surface area contributed by atoms with Gasteiger partial charge in [0.15, 0.2) is 0 Å². The largest absolute Gasteiger partial charge is 0.497 e. The third kappa shape index (κ3) is 3.07. The van der Waals surface area contributed by atoms with Crippen LogP contribution in [0.15, 0.2) is 24.3 Å². The summed E-state index contributed by atoms with van der Waals surface area (Å²) in [5.41, 5.74) is 7.62. The molecule has 0 aliphatic carbocycles. The lowest BCUT2D eigenvalue weighted by molar-refractivity contribution is 0.0635. The number of benzene rings is 1. The van der Waals surface area contributed by atoms with E-state index in [-0.39, 0.29) is 6.04 Å². The van der Waals surface area contributed by atoms with E-state index in [4.69, 9.17) is 10.5 Å². The van der Waals surface area contributed by atoms with Gasteiger partial charge in [0, 0.05) is 37.8 Å². The molecule has 0 radical (unpaired) electrons. The SMILES string of the molecule is COc1ccc(C(C(C)N)N2CCN3CCCC3C2)cc1. The summed E-state index contributed by atoms with van der Waals surface area (Å²) in [6.45, 7) is 6.86. The van der Waals surface area contributed by atoms with E-state index < -0.39 is 0 Å². The van der Waals surface area contributed by atoms with Gasteiger partial charge in [0.05, 0.1) is 7.11 Å².